The molecule has 0 aliphatic carbocycles. The minimum atomic E-state index is -0.920. The molecule has 0 saturated heterocycles. The van der Waals surface area contributed by atoms with Gasteiger partial charge >= 0.3 is 0 Å². The fraction of sp³-hybridized carbons (Fsp3) is 0.0741. The summed E-state index contributed by atoms with van der Waals surface area (Å²) < 4.78 is 5.64. The van der Waals surface area contributed by atoms with Crippen molar-refractivity contribution >= 4 is 23.2 Å². The summed E-state index contributed by atoms with van der Waals surface area (Å²) in [4.78, 5) is 12.5. The highest BCUT2D eigenvalue weighted by Gasteiger charge is 2.17. The zero-order valence-electron chi connectivity index (χ0n) is 17.2. The Morgan fingerprint density at radius 1 is 0.844 bits per heavy atom. The number of carbonyl (C=O) groups is 1. The maximum atomic E-state index is 12.5. The molecule has 0 aromatic heterocycles. The molecule has 1 atom stereocenters. The van der Waals surface area contributed by atoms with Crippen molar-refractivity contribution in [1.29, 1.82) is 0 Å². The van der Waals surface area contributed by atoms with Gasteiger partial charge in [-0.25, -0.2) is 0 Å². The van der Waals surface area contributed by atoms with E-state index in [1.165, 1.54) is 0 Å². The van der Waals surface area contributed by atoms with Crippen LogP contribution >= 0.6 is 11.6 Å². The van der Waals surface area contributed by atoms with Gasteiger partial charge in [0.25, 0.3) is 5.91 Å². The Labute approximate surface area is 192 Å². The number of aliphatic hydroxyl groups is 1. The Morgan fingerprint density at radius 3 is 2.16 bits per heavy atom. The summed E-state index contributed by atoms with van der Waals surface area (Å²) in [6.07, 6.45) is -0.920. The van der Waals surface area contributed by atoms with E-state index in [-0.39, 0.29) is 12.5 Å². The smallest absolute Gasteiger partial charge is 0.262 e. The van der Waals surface area contributed by atoms with E-state index in [0.29, 0.717) is 27.6 Å². The van der Waals surface area contributed by atoms with Gasteiger partial charge < -0.3 is 15.2 Å². The van der Waals surface area contributed by atoms with Crippen molar-refractivity contribution in [2.75, 3.05) is 11.9 Å². The van der Waals surface area contributed by atoms with Gasteiger partial charge in [-0.2, -0.15) is 0 Å². The minimum absolute atomic E-state index is 0.159. The van der Waals surface area contributed by atoms with Crippen molar-refractivity contribution in [2.24, 2.45) is 0 Å². The normalized spacial score (nSPS) is 11.6. The summed E-state index contributed by atoms with van der Waals surface area (Å²) in [6.45, 7) is -0.159. The van der Waals surface area contributed by atoms with E-state index in [2.05, 4.69) is 5.32 Å². The van der Waals surface area contributed by atoms with E-state index < -0.39 is 6.10 Å². The molecule has 4 nitrogen and oxygen atoms in total. The molecule has 1 amide bonds. The van der Waals surface area contributed by atoms with Crippen LogP contribution in [0.4, 0.5) is 5.69 Å². The van der Waals surface area contributed by atoms with Crippen molar-refractivity contribution < 1.29 is 14.6 Å². The van der Waals surface area contributed by atoms with Crippen molar-refractivity contribution in [3.05, 3.63) is 119 Å². The van der Waals surface area contributed by atoms with Crippen LogP contribution in [0.5, 0.6) is 5.75 Å². The standard InChI is InChI=1S/C27H22ClNO3/c28-22-13-16-25(24(17-22)27(31)21-9-5-2-6-10-21)29-26(30)18-32-23-14-11-20(12-15-23)19-7-3-1-4-8-19/h1-17,27,31H,18H2,(H,29,30)/t27-/m1/s1. The molecule has 0 heterocycles. The fourth-order valence-electron chi connectivity index (χ4n) is 3.40. The van der Waals surface area contributed by atoms with Gasteiger partial charge in [-0.1, -0.05) is 84.4 Å². The van der Waals surface area contributed by atoms with Crippen LogP contribution in [0.3, 0.4) is 0 Å². The number of aliphatic hydroxyl groups excluding tert-OH is 1. The monoisotopic (exact) mass is 443 g/mol. The predicted molar refractivity (Wildman–Crippen MR) is 128 cm³/mol. The summed E-state index contributed by atoms with van der Waals surface area (Å²) in [6, 6.07) is 31.8. The average molecular weight is 444 g/mol. The highest BCUT2D eigenvalue weighted by Crippen LogP contribution is 2.31. The molecule has 0 saturated carbocycles. The van der Waals surface area contributed by atoms with Gasteiger partial charge in [-0.3, -0.25) is 4.79 Å². The second-order valence-corrected chi connectivity index (χ2v) is 7.71. The van der Waals surface area contributed by atoms with E-state index in [1.807, 2.05) is 84.9 Å². The molecular weight excluding hydrogens is 422 g/mol. The Kier molecular flexibility index (Phi) is 6.85. The Hall–Kier alpha value is -3.60. The molecule has 4 rings (SSSR count). The lowest BCUT2D eigenvalue weighted by Gasteiger charge is -2.17. The van der Waals surface area contributed by atoms with Crippen LogP contribution < -0.4 is 10.1 Å². The lowest BCUT2D eigenvalue weighted by molar-refractivity contribution is -0.118. The first-order chi connectivity index (χ1) is 15.6. The largest absolute Gasteiger partial charge is 0.484 e. The fourth-order valence-corrected chi connectivity index (χ4v) is 3.58. The van der Waals surface area contributed by atoms with Crippen LogP contribution in [0.1, 0.15) is 17.2 Å². The van der Waals surface area contributed by atoms with Crippen molar-refractivity contribution in [1.82, 2.24) is 0 Å². The molecule has 0 aliphatic rings. The summed E-state index contributed by atoms with van der Waals surface area (Å²) >= 11 is 6.13. The highest BCUT2D eigenvalue weighted by molar-refractivity contribution is 6.30. The van der Waals surface area contributed by atoms with Crippen LogP contribution in [0.2, 0.25) is 5.02 Å². The number of anilines is 1. The summed E-state index contributed by atoms with van der Waals surface area (Å²) in [7, 11) is 0. The Morgan fingerprint density at radius 2 is 1.47 bits per heavy atom. The first-order valence-corrected chi connectivity index (χ1v) is 10.6. The third kappa shape index (κ3) is 5.35. The molecule has 32 heavy (non-hydrogen) atoms. The number of hydrogen-bond donors (Lipinski definition) is 2. The molecule has 160 valence electrons. The van der Waals surface area contributed by atoms with Crippen LogP contribution in [-0.4, -0.2) is 17.6 Å². The first-order valence-electron chi connectivity index (χ1n) is 10.2. The minimum Gasteiger partial charge on any atom is -0.484 e. The molecule has 5 heteroatoms. The van der Waals surface area contributed by atoms with Gasteiger partial charge in [0.1, 0.15) is 11.9 Å². The lowest BCUT2D eigenvalue weighted by atomic mass is 10.00. The van der Waals surface area contributed by atoms with E-state index >= 15 is 0 Å². The van der Waals surface area contributed by atoms with Crippen molar-refractivity contribution in [3.63, 3.8) is 0 Å². The van der Waals surface area contributed by atoms with E-state index in [0.717, 1.165) is 11.1 Å². The molecule has 0 spiro atoms. The molecule has 0 aliphatic heterocycles. The second kappa shape index (κ2) is 10.1. The number of rotatable bonds is 7. The number of halogens is 1. The maximum absolute atomic E-state index is 12.5. The lowest BCUT2D eigenvalue weighted by Crippen LogP contribution is -2.21. The molecular formula is C27H22ClNO3. The van der Waals surface area contributed by atoms with Gasteiger partial charge in [0.15, 0.2) is 6.61 Å². The van der Waals surface area contributed by atoms with Gasteiger partial charge in [0.05, 0.1) is 0 Å². The van der Waals surface area contributed by atoms with Gasteiger partial charge in [-0.15, -0.1) is 0 Å². The van der Waals surface area contributed by atoms with Crippen LogP contribution in [0.25, 0.3) is 11.1 Å². The molecule has 2 N–H and O–H groups in total. The van der Waals surface area contributed by atoms with E-state index in [9.17, 15) is 9.90 Å². The van der Waals surface area contributed by atoms with Crippen molar-refractivity contribution in [3.8, 4) is 16.9 Å². The zero-order valence-corrected chi connectivity index (χ0v) is 18.0. The number of benzene rings is 4. The summed E-state index contributed by atoms with van der Waals surface area (Å²) in [5.74, 6) is 0.265. The average Bonchev–Trinajstić information content (AvgIpc) is 2.85. The maximum Gasteiger partial charge on any atom is 0.262 e. The van der Waals surface area contributed by atoms with Crippen LogP contribution in [0, 0.1) is 0 Å². The number of amides is 1. The number of ether oxygens (including phenoxy) is 1. The number of carbonyl (C=O) groups excluding carboxylic acids is 1. The molecule has 4 aromatic carbocycles. The van der Waals surface area contributed by atoms with Gasteiger partial charge in [0, 0.05) is 16.3 Å². The first kappa shape index (κ1) is 21.6. The molecule has 4 aromatic rings. The quantitative estimate of drug-likeness (QED) is 0.362. The summed E-state index contributed by atoms with van der Waals surface area (Å²) in [5.41, 5.74) is 3.90. The third-order valence-electron chi connectivity index (χ3n) is 5.03. The highest BCUT2D eigenvalue weighted by atomic mass is 35.5. The molecule has 0 bridgehead atoms. The van der Waals surface area contributed by atoms with Crippen LogP contribution in [-0.2, 0) is 4.79 Å². The topological polar surface area (TPSA) is 58.6 Å². The van der Waals surface area contributed by atoms with Crippen molar-refractivity contribution in [2.45, 2.75) is 6.10 Å². The van der Waals surface area contributed by atoms with Gasteiger partial charge in [0.2, 0.25) is 0 Å². The molecule has 0 radical (unpaired) electrons. The molecule has 0 unspecified atom stereocenters. The summed E-state index contributed by atoms with van der Waals surface area (Å²) in [5, 5.41) is 14.1. The zero-order chi connectivity index (χ0) is 22.3. The Balaban J connectivity index is 1.41. The van der Waals surface area contributed by atoms with Crippen LogP contribution in [0.15, 0.2) is 103 Å². The van der Waals surface area contributed by atoms with E-state index in [1.54, 1.807) is 18.2 Å². The number of hydrogen-bond acceptors (Lipinski definition) is 3. The second-order valence-electron chi connectivity index (χ2n) is 7.27. The third-order valence-corrected chi connectivity index (χ3v) is 5.26. The SMILES string of the molecule is O=C(COc1ccc(-c2ccccc2)cc1)Nc1ccc(Cl)cc1[C@H](O)c1ccccc1. The van der Waals surface area contributed by atoms with E-state index in [4.69, 9.17) is 16.3 Å². The molecule has 0 fully saturated rings. The van der Waals surface area contributed by atoms with Gasteiger partial charge in [-0.05, 0) is 47.0 Å². The number of nitrogens with one attached hydrogen (secondary N) is 1. The predicted octanol–water partition coefficient (Wildman–Crippen LogP) is 6.11. The Bertz CT molecular complexity index is 1180.